The van der Waals surface area contributed by atoms with E-state index in [2.05, 4.69) is 15.5 Å². The van der Waals surface area contributed by atoms with Crippen molar-refractivity contribution in [3.8, 4) is 5.75 Å². The van der Waals surface area contributed by atoms with Crippen LogP contribution in [0.2, 0.25) is 0 Å². The van der Waals surface area contributed by atoms with E-state index in [0.29, 0.717) is 17.7 Å². The first kappa shape index (κ1) is 22.6. The summed E-state index contributed by atoms with van der Waals surface area (Å²) in [6.45, 7) is 2.98. The van der Waals surface area contributed by atoms with Crippen LogP contribution in [0.15, 0.2) is 48.5 Å². The van der Waals surface area contributed by atoms with Crippen LogP contribution in [0.1, 0.15) is 33.6 Å². The molecule has 2 amide bonds. The fraction of sp³-hybridized carbons (Fsp3) is 0.417. The summed E-state index contributed by atoms with van der Waals surface area (Å²) in [6, 6.07) is 15.0. The molecule has 0 radical (unpaired) electrons. The van der Waals surface area contributed by atoms with E-state index in [1.165, 1.54) is 0 Å². The number of likely N-dealkylation sites (N-methyl/N-ethyl adjacent to an activating group) is 1. The minimum absolute atomic E-state index is 0.0487. The largest absolute Gasteiger partial charge is 0.497 e. The predicted molar refractivity (Wildman–Crippen MR) is 123 cm³/mol. The molecular weight excluding hydrogens is 392 g/mol. The lowest BCUT2D eigenvalue weighted by Crippen LogP contribution is -2.45. The highest BCUT2D eigenvalue weighted by Gasteiger charge is 2.24. The minimum Gasteiger partial charge on any atom is -0.497 e. The number of hydrogen-bond acceptors (Lipinski definition) is 5. The molecule has 2 aromatic rings. The molecule has 1 saturated heterocycles. The number of benzene rings is 2. The van der Waals surface area contributed by atoms with Crippen LogP contribution in [0.3, 0.4) is 0 Å². The van der Waals surface area contributed by atoms with E-state index in [1.54, 1.807) is 31.4 Å². The van der Waals surface area contributed by atoms with E-state index >= 15 is 0 Å². The molecule has 0 unspecified atom stereocenters. The Morgan fingerprint density at radius 2 is 1.71 bits per heavy atom. The van der Waals surface area contributed by atoms with Gasteiger partial charge in [-0.1, -0.05) is 12.1 Å². The number of rotatable bonds is 8. The lowest BCUT2D eigenvalue weighted by atomic mass is 10.0. The van der Waals surface area contributed by atoms with Crippen LogP contribution in [0.5, 0.6) is 5.75 Å². The smallest absolute Gasteiger partial charge is 0.253 e. The molecule has 0 spiro atoms. The Balaban J connectivity index is 1.55. The number of nitrogens with zero attached hydrogens (tertiary/aromatic N) is 2. The summed E-state index contributed by atoms with van der Waals surface area (Å²) in [6.07, 6.45) is 1.66. The summed E-state index contributed by atoms with van der Waals surface area (Å²) in [5, 5.41) is 6.13. The number of hydrogen-bond donors (Lipinski definition) is 2. The average molecular weight is 425 g/mol. The molecule has 7 heteroatoms. The van der Waals surface area contributed by atoms with Gasteiger partial charge in [0.15, 0.2) is 0 Å². The monoisotopic (exact) mass is 424 g/mol. The molecule has 0 aliphatic carbocycles. The van der Waals surface area contributed by atoms with Gasteiger partial charge in [0.1, 0.15) is 5.75 Å². The number of amides is 2. The lowest BCUT2D eigenvalue weighted by Gasteiger charge is -2.35. The minimum atomic E-state index is -0.0678. The number of anilines is 1. The average Bonchev–Trinajstić information content (AvgIpc) is 2.79. The van der Waals surface area contributed by atoms with Gasteiger partial charge in [-0.15, -0.1) is 0 Å². The van der Waals surface area contributed by atoms with E-state index < -0.39 is 0 Å². The maximum Gasteiger partial charge on any atom is 0.253 e. The predicted octanol–water partition coefficient (Wildman–Crippen LogP) is 2.39. The van der Waals surface area contributed by atoms with Crippen molar-refractivity contribution < 1.29 is 14.3 Å². The van der Waals surface area contributed by atoms with Gasteiger partial charge in [-0.25, -0.2) is 0 Å². The summed E-state index contributed by atoms with van der Waals surface area (Å²) in [7, 11) is 5.57. The molecule has 1 aliphatic rings. The first-order valence-electron chi connectivity index (χ1n) is 10.7. The Labute approximate surface area is 184 Å². The van der Waals surface area contributed by atoms with Gasteiger partial charge < -0.3 is 25.2 Å². The van der Waals surface area contributed by atoms with E-state index in [4.69, 9.17) is 4.74 Å². The van der Waals surface area contributed by atoms with E-state index in [-0.39, 0.29) is 17.9 Å². The second-order valence-electron chi connectivity index (χ2n) is 8.04. The van der Waals surface area contributed by atoms with Gasteiger partial charge in [0, 0.05) is 43.5 Å². The molecule has 1 fully saturated rings. The highest BCUT2D eigenvalue weighted by molar-refractivity contribution is 5.99. The van der Waals surface area contributed by atoms with Crippen LogP contribution < -0.4 is 20.3 Å². The zero-order valence-electron chi connectivity index (χ0n) is 18.6. The Bertz CT molecular complexity index is 875. The van der Waals surface area contributed by atoms with Crippen molar-refractivity contribution in [3.05, 3.63) is 59.7 Å². The Morgan fingerprint density at radius 3 is 2.35 bits per heavy atom. The van der Waals surface area contributed by atoms with E-state index in [1.807, 2.05) is 43.3 Å². The third-order valence-electron chi connectivity index (χ3n) is 5.52. The van der Waals surface area contributed by atoms with Crippen LogP contribution in [-0.2, 0) is 0 Å². The van der Waals surface area contributed by atoms with Crippen molar-refractivity contribution >= 4 is 17.5 Å². The molecule has 166 valence electrons. The maximum absolute atomic E-state index is 12.7. The number of para-hydroxylation sites is 1. The molecule has 1 aliphatic heterocycles. The van der Waals surface area contributed by atoms with Crippen molar-refractivity contribution in [2.45, 2.75) is 18.9 Å². The molecule has 2 aromatic carbocycles. The van der Waals surface area contributed by atoms with Crippen molar-refractivity contribution in [3.63, 3.8) is 0 Å². The Morgan fingerprint density at radius 1 is 1.03 bits per heavy atom. The molecule has 0 aromatic heterocycles. The summed E-state index contributed by atoms with van der Waals surface area (Å²) in [5.41, 5.74) is 2.27. The van der Waals surface area contributed by atoms with Crippen LogP contribution in [0, 0.1) is 0 Å². The van der Waals surface area contributed by atoms with Crippen molar-refractivity contribution in [1.82, 2.24) is 15.5 Å². The van der Waals surface area contributed by atoms with Crippen LogP contribution >= 0.6 is 0 Å². The lowest BCUT2D eigenvalue weighted by molar-refractivity contribution is 0.0929. The highest BCUT2D eigenvalue weighted by atomic mass is 16.5. The van der Waals surface area contributed by atoms with Crippen LogP contribution in [-0.4, -0.2) is 70.1 Å². The van der Waals surface area contributed by atoms with E-state index in [0.717, 1.165) is 43.9 Å². The molecule has 3 rings (SSSR count). The van der Waals surface area contributed by atoms with E-state index in [9.17, 15) is 9.59 Å². The Kier molecular flexibility index (Phi) is 7.89. The summed E-state index contributed by atoms with van der Waals surface area (Å²) in [5.74, 6) is 0.614. The number of piperidine rings is 1. The van der Waals surface area contributed by atoms with Crippen LogP contribution in [0.25, 0.3) is 0 Å². The number of ether oxygens (including phenoxy) is 1. The fourth-order valence-electron chi connectivity index (χ4n) is 3.71. The second-order valence-corrected chi connectivity index (χ2v) is 8.04. The normalized spacial score (nSPS) is 14.4. The fourth-order valence-corrected chi connectivity index (χ4v) is 3.71. The molecule has 2 N–H and O–H groups in total. The highest BCUT2D eigenvalue weighted by Crippen LogP contribution is 2.24. The van der Waals surface area contributed by atoms with Crippen molar-refractivity contribution in [2.24, 2.45) is 0 Å². The van der Waals surface area contributed by atoms with Gasteiger partial charge in [0.05, 0.1) is 12.7 Å². The standard InChI is InChI=1S/C24H32N4O3/c1-27(2)17-14-25-24(30)21-6-4-5-7-22(21)28-15-12-19(13-16-28)26-23(29)18-8-10-20(31-3)11-9-18/h4-11,19H,12-17H2,1-3H3,(H,25,30)(H,26,29). The SMILES string of the molecule is COc1ccc(C(=O)NC2CCN(c3ccccc3C(=O)NCCN(C)C)CC2)cc1. The van der Waals surface area contributed by atoms with Crippen molar-refractivity contribution in [2.75, 3.05) is 52.3 Å². The zero-order chi connectivity index (χ0) is 22.2. The quantitative estimate of drug-likeness (QED) is 0.681. The second kappa shape index (κ2) is 10.8. The topological polar surface area (TPSA) is 73.9 Å². The molecule has 1 heterocycles. The van der Waals surface area contributed by atoms with Gasteiger partial charge >= 0.3 is 0 Å². The molecule has 0 saturated carbocycles. The molecule has 31 heavy (non-hydrogen) atoms. The first-order chi connectivity index (χ1) is 15.0. The summed E-state index contributed by atoms with van der Waals surface area (Å²) < 4.78 is 5.14. The zero-order valence-corrected chi connectivity index (χ0v) is 18.6. The molecule has 0 bridgehead atoms. The van der Waals surface area contributed by atoms with Gasteiger partial charge in [-0.2, -0.15) is 0 Å². The molecular formula is C24H32N4O3. The Hall–Kier alpha value is -3.06. The summed E-state index contributed by atoms with van der Waals surface area (Å²) >= 11 is 0. The molecule has 7 nitrogen and oxygen atoms in total. The number of nitrogens with one attached hydrogen (secondary N) is 2. The summed E-state index contributed by atoms with van der Waals surface area (Å²) in [4.78, 5) is 29.5. The third-order valence-corrected chi connectivity index (χ3v) is 5.52. The molecule has 0 atom stereocenters. The first-order valence-corrected chi connectivity index (χ1v) is 10.7. The van der Waals surface area contributed by atoms with Crippen LogP contribution in [0.4, 0.5) is 5.69 Å². The van der Waals surface area contributed by atoms with Gasteiger partial charge in [-0.05, 0) is 63.3 Å². The third kappa shape index (κ3) is 6.21. The number of carbonyl (C=O) groups excluding carboxylic acids is 2. The van der Waals surface area contributed by atoms with Gasteiger partial charge in [0.2, 0.25) is 0 Å². The van der Waals surface area contributed by atoms with Gasteiger partial charge in [-0.3, -0.25) is 9.59 Å². The maximum atomic E-state index is 12.7. The number of methoxy groups -OCH3 is 1. The van der Waals surface area contributed by atoms with Gasteiger partial charge in [0.25, 0.3) is 11.8 Å². The number of carbonyl (C=O) groups is 2. The van der Waals surface area contributed by atoms with Crippen molar-refractivity contribution in [1.29, 1.82) is 0 Å².